The summed E-state index contributed by atoms with van der Waals surface area (Å²) in [5.41, 5.74) is 4.73. The number of carbonyl (C=O) groups excluding carboxylic acids is 5. The number of aliphatic hydroxyl groups is 1. The lowest BCUT2D eigenvalue weighted by molar-refractivity contribution is -0.689. The van der Waals surface area contributed by atoms with Gasteiger partial charge < -0.3 is 46.4 Å². The second kappa shape index (κ2) is 20.6. The molecule has 4 aliphatic heterocycles. The summed E-state index contributed by atoms with van der Waals surface area (Å²) in [5.74, 6) is -5.76. The summed E-state index contributed by atoms with van der Waals surface area (Å²) in [6, 6.07) is 11.8. The summed E-state index contributed by atoms with van der Waals surface area (Å²) < 4.78 is 3.26. The Morgan fingerprint density at radius 3 is 2.16 bits per heavy atom. The van der Waals surface area contributed by atoms with E-state index in [0.29, 0.717) is 39.1 Å². The largest absolute Gasteiger partial charge is 0.543 e. The molecule has 4 amide bonds. The van der Waals surface area contributed by atoms with Crippen LogP contribution in [0.25, 0.3) is 0 Å². The quantitative estimate of drug-likeness (QED) is 0.0244. The van der Waals surface area contributed by atoms with Crippen LogP contribution in [-0.4, -0.2) is 143 Å². The molecule has 7 heterocycles. The topological polar surface area (TPSA) is 342 Å². The highest BCUT2D eigenvalue weighted by molar-refractivity contribution is 8.01. The Morgan fingerprint density at radius 1 is 0.971 bits per heavy atom. The summed E-state index contributed by atoms with van der Waals surface area (Å²) in [6.45, 7) is 2.74. The number of anilines is 1. The third kappa shape index (κ3) is 10.3. The van der Waals surface area contributed by atoms with Gasteiger partial charge in [0.15, 0.2) is 35.9 Å². The van der Waals surface area contributed by atoms with E-state index in [0.717, 1.165) is 16.2 Å². The maximum atomic E-state index is 13.1. The molecule has 5 atom stereocenters. The van der Waals surface area contributed by atoms with E-state index in [4.69, 9.17) is 10.6 Å². The van der Waals surface area contributed by atoms with E-state index in [1.54, 1.807) is 66.5 Å². The molecule has 0 radical (unpaired) electrons. The Bertz CT molecular complexity index is 2750. The molecule has 0 unspecified atom stereocenters. The van der Waals surface area contributed by atoms with Crippen molar-refractivity contribution in [2.45, 2.75) is 60.1 Å². The van der Waals surface area contributed by atoms with Gasteiger partial charge in [0.25, 0.3) is 23.6 Å². The molecule has 4 aliphatic rings. The minimum absolute atomic E-state index is 0.0265. The van der Waals surface area contributed by atoms with E-state index in [9.17, 15) is 54.0 Å². The number of hydrogen-bond donors (Lipinski definition) is 6. The lowest BCUT2D eigenvalue weighted by atomic mass is 10.0. The van der Waals surface area contributed by atoms with Crippen molar-refractivity contribution in [3.8, 4) is 0 Å². The van der Waals surface area contributed by atoms with E-state index in [1.807, 2.05) is 6.07 Å². The van der Waals surface area contributed by atoms with Crippen LogP contribution in [-0.2, 0) is 52.0 Å². The van der Waals surface area contributed by atoms with Gasteiger partial charge in [0.1, 0.15) is 34.2 Å². The fraction of sp³-hybridized carbons (Fsp3) is 0.325. The number of aliphatic hydroxyl groups excluding tert-OH is 1. The maximum Gasteiger partial charge on any atom is 0.352 e. The molecule has 0 spiro atoms. The number of carboxylic acids is 3. The number of aryl methyl sites for hydroxylation is 1. The van der Waals surface area contributed by atoms with Crippen molar-refractivity contribution in [2.24, 2.45) is 12.2 Å². The van der Waals surface area contributed by atoms with Crippen molar-refractivity contribution in [3.63, 3.8) is 0 Å². The van der Waals surface area contributed by atoms with E-state index in [-0.39, 0.29) is 34.5 Å². The number of aliphatic carboxylic acids is 3. The number of hydrogen-bond acceptors (Lipinski definition) is 20. The van der Waals surface area contributed by atoms with Gasteiger partial charge in [-0.3, -0.25) is 29.0 Å². The van der Waals surface area contributed by atoms with Gasteiger partial charge in [0, 0.05) is 47.4 Å². The normalized spacial score (nSPS) is 20.4. The molecule has 68 heavy (non-hydrogen) atoms. The number of thioether (sulfide) groups is 3. The highest BCUT2D eigenvalue weighted by Crippen LogP contribution is 2.42. The Labute approximate surface area is 401 Å². The summed E-state index contributed by atoms with van der Waals surface area (Å²) in [6.07, 6.45) is 2.13. The van der Waals surface area contributed by atoms with Crippen LogP contribution in [0.5, 0.6) is 0 Å². The molecule has 8 rings (SSSR count). The van der Waals surface area contributed by atoms with Gasteiger partial charge in [-0.25, -0.2) is 23.8 Å². The molecule has 3 aromatic heterocycles. The highest BCUT2D eigenvalue weighted by atomic mass is 32.2. The van der Waals surface area contributed by atoms with Crippen molar-refractivity contribution < 1.29 is 63.4 Å². The predicted molar refractivity (Wildman–Crippen MR) is 240 cm³/mol. The number of carboxylic acid groups (broad SMARTS) is 3. The number of nitrogens with two attached hydrogens (primary N) is 1. The zero-order chi connectivity index (χ0) is 49.0. The third-order valence-corrected chi connectivity index (χ3v) is 14.9. The molecule has 0 aliphatic carbocycles. The van der Waals surface area contributed by atoms with E-state index in [1.165, 1.54) is 64.1 Å². The van der Waals surface area contributed by atoms with E-state index >= 15 is 0 Å². The highest BCUT2D eigenvalue weighted by Gasteiger charge is 2.55. The molecule has 1 aromatic carbocycles. The summed E-state index contributed by atoms with van der Waals surface area (Å²) in [4.78, 5) is 97.9. The molecule has 4 aromatic rings. The minimum atomic E-state index is -1.75. The number of thiazole rings is 1. The number of aromatic nitrogens is 6. The Morgan fingerprint density at radius 2 is 1.59 bits per heavy atom. The number of tetrazole rings is 1. The molecule has 0 saturated carbocycles. The molecular formula is C40H40N12O12S4. The first kappa shape index (κ1) is 49.0. The van der Waals surface area contributed by atoms with Gasteiger partial charge in [-0.15, -0.1) is 40.0 Å². The average molecular weight is 1010 g/mol. The van der Waals surface area contributed by atoms with Crippen molar-refractivity contribution in [1.29, 1.82) is 0 Å². The number of amides is 4. The molecule has 24 nitrogen and oxygen atoms in total. The number of oxime groups is 1. The number of nitrogens with zero attached hydrogens (tertiary/aromatic N) is 9. The number of nitrogens with one attached hydrogen (secondary N) is 2. The fourth-order valence-electron chi connectivity index (χ4n) is 6.87. The number of nitrogen functional groups attached to an aromatic ring is 1. The Balaban J connectivity index is 0.000000204. The average Bonchev–Trinajstić information content (AvgIpc) is 3.95. The number of fused-ring (bicyclic) bond motifs is 2. The van der Waals surface area contributed by atoms with Crippen LogP contribution in [0.2, 0.25) is 0 Å². The lowest BCUT2D eigenvalue weighted by Gasteiger charge is -2.50. The number of pyridine rings is 1. The summed E-state index contributed by atoms with van der Waals surface area (Å²) >= 11 is 4.96. The van der Waals surface area contributed by atoms with Crippen LogP contribution in [0, 0.1) is 0 Å². The first-order chi connectivity index (χ1) is 32.4. The van der Waals surface area contributed by atoms with Crippen LogP contribution in [0.15, 0.2) is 99.2 Å². The smallest absolute Gasteiger partial charge is 0.352 e. The number of carbonyl (C=O) groups is 7. The van der Waals surface area contributed by atoms with Crippen LogP contribution in [0.4, 0.5) is 5.13 Å². The molecule has 28 heteroatoms. The molecule has 2 fully saturated rings. The van der Waals surface area contributed by atoms with Crippen molar-refractivity contribution >= 4 is 99.0 Å². The van der Waals surface area contributed by atoms with Crippen molar-refractivity contribution in [3.05, 3.63) is 100 Å². The Hall–Kier alpha value is -6.88. The number of rotatable bonds is 16. The predicted octanol–water partition coefficient (Wildman–Crippen LogP) is -1.52. The van der Waals surface area contributed by atoms with Crippen LogP contribution < -0.4 is 26.0 Å². The van der Waals surface area contributed by atoms with Crippen LogP contribution in [0.3, 0.4) is 0 Å². The monoisotopic (exact) mass is 1010 g/mol. The molecule has 0 bridgehead atoms. The van der Waals surface area contributed by atoms with E-state index in [2.05, 4.69) is 36.3 Å². The zero-order valence-corrected chi connectivity index (χ0v) is 39.1. The van der Waals surface area contributed by atoms with Gasteiger partial charge in [-0.05, 0) is 35.4 Å². The number of benzene rings is 1. The van der Waals surface area contributed by atoms with Gasteiger partial charge >= 0.3 is 11.9 Å². The first-order valence-electron chi connectivity index (χ1n) is 20.0. The van der Waals surface area contributed by atoms with Crippen molar-refractivity contribution in [2.75, 3.05) is 23.0 Å². The van der Waals surface area contributed by atoms with Gasteiger partial charge in [0.2, 0.25) is 10.8 Å². The van der Waals surface area contributed by atoms with Gasteiger partial charge in [-0.1, -0.05) is 53.3 Å². The lowest BCUT2D eigenvalue weighted by Crippen LogP contribution is -2.71. The van der Waals surface area contributed by atoms with Gasteiger partial charge in [0.05, 0.1) is 11.7 Å². The zero-order valence-electron chi connectivity index (χ0n) is 35.8. The third-order valence-electron chi connectivity index (χ3n) is 10.4. The van der Waals surface area contributed by atoms with E-state index < -0.39 is 76.1 Å². The van der Waals surface area contributed by atoms with Crippen LogP contribution >= 0.6 is 46.6 Å². The second-order valence-electron chi connectivity index (χ2n) is 15.4. The van der Waals surface area contributed by atoms with Crippen molar-refractivity contribution in [1.82, 2.24) is 45.6 Å². The molecule has 2 saturated heterocycles. The van der Waals surface area contributed by atoms with Crippen LogP contribution in [0.1, 0.15) is 31.2 Å². The standard InChI is InChI=1S/C22H22N6O7S2.C18H18N6O5S2/c1-22(2,20(33)34)35-26-13(12-10-37-21(23)24-12)16(29)25-14-17(30)28-15(19(31)32)11(9-36-18(14)28)8-27-6-4-3-5-7-27;1-23-18(20-21-22-23)31-8-10-7-30-16-11(15(27)24(16)12(10)17(28)29)19-14(26)13(25)9-5-3-2-4-6-9/h3-7,10,14,18H,8-9H2,1-2H3,(H4-,23,24,25,29,31,32,33,34);2-6,11,13,16,25H,7-8H2,1H3,(H,19,26)(H,28,29)/b26-13-;/t14-,18-;11-,13-,16-/m11/s1. The number of β-lactam (4-membered cyclic amide) rings is 2. The molecular weight excluding hydrogens is 969 g/mol. The summed E-state index contributed by atoms with van der Waals surface area (Å²) in [5, 5.41) is 62.0. The summed E-state index contributed by atoms with van der Waals surface area (Å²) in [7, 11) is 1.68. The molecule has 7 N–H and O–H groups in total. The SMILES string of the molecule is CC(C)(O/N=C(\C(=O)N[C@@H]1C(=O)N2C(C(=O)[O-])=C(C[n+]3ccccc3)CS[C@H]12)c1csc(N)n1)C(=O)O.Cn1nnnc1SCC1=C(C(=O)O)N2C(=O)[C@@H](NC(=O)[C@H](O)c3ccccc3)[C@H]2SC1. The maximum absolute atomic E-state index is 13.1. The Kier molecular flexibility index (Phi) is 14.8. The second-order valence-corrected chi connectivity index (χ2v) is 19.4. The molecule has 356 valence electrons. The first-order valence-corrected chi connectivity index (χ1v) is 24.0. The minimum Gasteiger partial charge on any atom is -0.543 e. The fourth-order valence-corrected chi connectivity index (χ4v) is 11.1. The van der Waals surface area contributed by atoms with Gasteiger partial charge in [-0.2, -0.15) is 0 Å².